The highest BCUT2D eigenvalue weighted by Gasteiger charge is 2.31. The Bertz CT molecular complexity index is 911. The predicted molar refractivity (Wildman–Crippen MR) is 111 cm³/mol. The number of hydrogen-bond donors (Lipinski definition) is 3. The van der Waals surface area contributed by atoms with Crippen molar-refractivity contribution in [3.8, 4) is 0 Å². The third-order valence-corrected chi connectivity index (χ3v) is 6.27. The fraction of sp³-hybridized carbons (Fsp3) is 0.550. The summed E-state index contributed by atoms with van der Waals surface area (Å²) >= 11 is 1.35. The first-order chi connectivity index (χ1) is 14.8. The average Bonchev–Trinajstić information content (AvgIpc) is 3.24. The zero-order valence-corrected chi connectivity index (χ0v) is 18.2. The van der Waals surface area contributed by atoms with Gasteiger partial charge in [0.25, 0.3) is 11.8 Å². The van der Waals surface area contributed by atoms with Crippen molar-refractivity contribution in [2.24, 2.45) is 0 Å². The molecule has 3 N–H and O–H groups in total. The molecule has 10 nitrogen and oxygen atoms in total. The number of fused-ring (bicyclic) bond motifs is 1. The van der Waals surface area contributed by atoms with Crippen molar-refractivity contribution in [2.45, 2.75) is 64.5 Å². The largest absolute Gasteiger partial charge is 0.462 e. The van der Waals surface area contributed by atoms with Gasteiger partial charge in [-0.25, -0.2) is 9.59 Å². The molecule has 0 spiro atoms. The van der Waals surface area contributed by atoms with Crippen LogP contribution in [0.25, 0.3) is 0 Å². The van der Waals surface area contributed by atoms with Crippen molar-refractivity contribution in [2.75, 3.05) is 11.9 Å². The van der Waals surface area contributed by atoms with E-state index in [1.165, 1.54) is 18.3 Å². The van der Waals surface area contributed by atoms with E-state index in [9.17, 15) is 24.0 Å². The zero-order valence-electron chi connectivity index (χ0n) is 17.4. The Labute approximate surface area is 183 Å². The molecule has 2 aliphatic rings. The van der Waals surface area contributed by atoms with E-state index < -0.39 is 41.9 Å². The summed E-state index contributed by atoms with van der Waals surface area (Å²) in [6, 6.07) is -1.40. The van der Waals surface area contributed by atoms with Gasteiger partial charge in [0.2, 0.25) is 0 Å². The Balaban J connectivity index is 1.59. The van der Waals surface area contributed by atoms with Crippen molar-refractivity contribution in [1.29, 1.82) is 0 Å². The minimum absolute atomic E-state index is 0.0649. The van der Waals surface area contributed by atoms with Crippen molar-refractivity contribution in [3.63, 3.8) is 0 Å². The molecule has 2 atom stereocenters. The van der Waals surface area contributed by atoms with Gasteiger partial charge in [-0.3, -0.25) is 19.7 Å². The van der Waals surface area contributed by atoms with E-state index in [2.05, 4.69) is 16.0 Å². The molecule has 11 heteroatoms. The third-order valence-electron chi connectivity index (χ3n) is 5.06. The molecule has 0 unspecified atom stereocenters. The lowest BCUT2D eigenvalue weighted by Crippen LogP contribution is -2.32. The van der Waals surface area contributed by atoms with Gasteiger partial charge in [-0.1, -0.05) is 0 Å². The lowest BCUT2D eigenvalue weighted by atomic mass is 9.95. The van der Waals surface area contributed by atoms with Crippen LogP contribution in [0.1, 0.15) is 60.3 Å². The molecule has 1 aromatic heterocycles. The minimum Gasteiger partial charge on any atom is -0.462 e. The molecule has 3 rings (SSSR count). The van der Waals surface area contributed by atoms with Gasteiger partial charge in [0.05, 0.1) is 12.2 Å². The van der Waals surface area contributed by atoms with Crippen LogP contribution in [0.3, 0.4) is 0 Å². The van der Waals surface area contributed by atoms with Crippen LogP contribution in [0.2, 0.25) is 0 Å². The highest BCUT2D eigenvalue weighted by Crippen LogP contribution is 2.38. The maximum atomic E-state index is 12.6. The Morgan fingerprint density at radius 3 is 2.65 bits per heavy atom. The van der Waals surface area contributed by atoms with E-state index >= 15 is 0 Å². The molecule has 0 bridgehead atoms. The van der Waals surface area contributed by atoms with Crippen molar-refractivity contribution in [3.05, 3.63) is 16.0 Å². The monoisotopic (exact) mass is 451 g/mol. The topological polar surface area (TPSA) is 140 Å². The normalized spacial score (nSPS) is 18.5. The second-order valence-electron chi connectivity index (χ2n) is 7.31. The molecule has 168 valence electrons. The van der Waals surface area contributed by atoms with E-state index in [4.69, 9.17) is 9.47 Å². The summed E-state index contributed by atoms with van der Waals surface area (Å²) < 4.78 is 10.3. The van der Waals surface area contributed by atoms with Gasteiger partial charge in [-0.15, -0.1) is 11.3 Å². The third kappa shape index (κ3) is 5.40. The molecule has 1 aromatic rings. The number of esters is 2. The van der Waals surface area contributed by atoms with Crippen LogP contribution in [0.15, 0.2) is 0 Å². The lowest BCUT2D eigenvalue weighted by molar-refractivity contribution is -0.153. The molecule has 2 heterocycles. The number of carbonyl (C=O) groups is 5. The van der Waals surface area contributed by atoms with Gasteiger partial charge in [-0.2, -0.15) is 0 Å². The molecule has 0 aromatic carbocycles. The first kappa shape index (κ1) is 22.7. The summed E-state index contributed by atoms with van der Waals surface area (Å²) in [5.74, 6) is -2.22. The summed E-state index contributed by atoms with van der Waals surface area (Å²) in [7, 11) is 0. The zero-order chi connectivity index (χ0) is 22.5. The van der Waals surface area contributed by atoms with Crippen LogP contribution in [0.4, 0.5) is 9.80 Å². The van der Waals surface area contributed by atoms with Crippen LogP contribution in [-0.2, 0) is 36.7 Å². The van der Waals surface area contributed by atoms with Crippen LogP contribution < -0.4 is 16.0 Å². The van der Waals surface area contributed by atoms with E-state index in [0.717, 1.165) is 36.1 Å². The molecular formula is C20H25N3O7S. The fourth-order valence-electron chi connectivity index (χ4n) is 3.52. The average molecular weight is 452 g/mol. The summed E-state index contributed by atoms with van der Waals surface area (Å²) in [5.41, 5.74) is 1.31. The molecule has 1 fully saturated rings. The maximum Gasteiger partial charge on any atom is 0.341 e. The molecule has 4 amide bonds. The number of aryl methyl sites for hydroxylation is 1. The van der Waals surface area contributed by atoms with Gasteiger partial charge >= 0.3 is 18.0 Å². The number of urea groups is 1. The Kier molecular flexibility index (Phi) is 7.26. The lowest BCUT2D eigenvalue weighted by Gasteiger charge is -2.15. The minimum atomic E-state index is -1.10. The number of imide groups is 1. The number of ether oxygens (including phenoxy) is 2. The summed E-state index contributed by atoms with van der Waals surface area (Å²) in [4.78, 5) is 60.8. The smallest absolute Gasteiger partial charge is 0.341 e. The molecule has 1 aliphatic heterocycles. The van der Waals surface area contributed by atoms with Crippen LogP contribution in [-0.4, -0.2) is 48.5 Å². The van der Waals surface area contributed by atoms with E-state index in [0.29, 0.717) is 10.6 Å². The summed E-state index contributed by atoms with van der Waals surface area (Å²) in [6.45, 7) is 3.37. The second-order valence-corrected chi connectivity index (χ2v) is 8.42. The van der Waals surface area contributed by atoms with Gasteiger partial charge in [0.15, 0.2) is 6.10 Å². The number of carbonyl (C=O) groups excluding carboxylic acids is 5. The van der Waals surface area contributed by atoms with E-state index in [1.807, 2.05) is 0 Å². The first-order valence-corrected chi connectivity index (χ1v) is 11.0. The number of amides is 4. The molecule has 0 saturated carbocycles. The first-order valence-electron chi connectivity index (χ1n) is 10.2. The Morgan fingerprint density at radius 2 is 1.97 bits per heavy atom. The number of anilines is 1. The maximum absolute atomic E-state index is 12.6. The molecular weight excluding hydrogens is 426 g/mol. The van der Waals surface area contributed by atoms with Crippen LogP contribution in [0, 0.1) is 0 Å². The SMILES string of the molecule is CCOC(=O)c1c(NC(=O)[C@@H](C)OC(=O)CC[C@H]2NC(=O)NC2=O)sc2c1CCCC2. The summed E-state index contributed by atoms with van der Waals surface area (Å²) in [5, 5.41) is 7.58. The van der Waals surface area contributed by atoms with Crippen LogP contribution >= 0.6 is 11.3 Å². The molecule has 0 radical (unpaired) electrons. The quantitative estimate of drug-likeness (QED) is 0.403. The van der Waals surface area contributed by atoms with Gasteiger partial charge in [0.1, 0.15) is 11.0 Å². The van der Waals surface area contributed by atoms with Crippen molar-refractivity contribution < 1.29 is 33.4 Å². The molecule has 31 heavy (non-hydrogen) atoms. The standard InChI is InChI=1S/C20H25N3O7S/c1-3-29-19(27)15-11-6-4-5-7-13(11)31-18(15)22-16(25)10(2)30-14(24)9-8-12-17(26)23-20(28)21-12/h10,12H,3-9H2,1-2H3,(H,22,25)(H2,21,23,26,28)/t10-,12-/m1/s1. The fourth-order valence-corrected chi connectivity index (χ4v) is 4.80. The van der Waals surface area contributed by atoms with Crippen molar-refractivity contribution in [1.82, 2.24) is 10.6 Å². The highest BCUT2D eigenvalue weighted by molar-refractivity contribution is 7.17. The van der Waals surface area contributed by atoms with Crippen molar-refractivity contribution >= 4 is 46.1 Å². The van der Waals surface area contributed by atoms with Crippen LogP contribution in [0.5, 0.6) is 0 Å². The van der Waals surface area contributed by atoms with Gasteiger partial charge in [0, 0.05) is 11.3 Å². The Morgan fingerprint density at radius 1 is 1.23 bits per heavy atom. The Hall–Kier alpha value is -2.95. The number of rotatable bonds is 8. The second kappa shape index (κ2) is 9.90. The molecule has 1 saturated heterocycles. The number of hydrogen-bond acceptors (Lipinski definition) is 8. The van der Waals surface area contributed by atoms with E-state index in [1.54, 1.807) is 6.92 Å². The number of nitrogens with one attached hydrogen (secondary N) is 3. The van der Waals surface area contributed by atoms with E-state index in [-0.39, 0.29) is 19.4 Å². The van der Waals surface area contributed by atoms with Gasteiger partial charge in [-0.05, 0) is 51.5 Å². The predicted octanol–water partition coefficient (Wildman–Crippen LogP) is 1.66. The van der Waals surface area contributed by atoms with Gasteiger partial charge < -0.3 is 20.1 Å². The molecule has 1 aliphatic carbocycles. The number of thiophene rings is 1. The highest BCUT2D eigenvalue weighted by atomic mass is 32.1. The summed E-state index contributed by atoms with van der Waals surface area (Å²) in [6.07, 6.45) is 2.41.